The van der Waals surface area contributed by atoms with Crippen LogP contribution in [-0.2, 0) is 9.84 Å². The fourth-order valence-electron chi connectivity index (χ4n) is 2.59. The zero-order valence-corrected chi connectivity index (χ0v) is 14.6. The van der Waals surface area contributed by atoms with Crippen molar-refractivity contribution in [3.05, 3.63) is 64.6 Å². The molecule has 0 fully saturated rings. The van der Waals surface area contributed by atoms with Crippen LogP contribution in [0, 0.1) is 19.7 Å². The topological polar surface area (TPSA) is 76.1 Å². The molecule has 3 rings (SSSR count). The lowest BCUT2D eigenvalue weighted by Gasteiger charge is -2.11. The van der Waals surface area contributed by atoms with E-state index in [4.69, 9.17) is 0 Å². The van der Waals surface area contributed by atoms with Gasteiger partial charge in [-0.25, -0.2) is 17.8 Å². The van der Waals surface area contributed by atoms with E-state index < -0.39 is 27.6 Å². The molecule has 0 aliphatic carbocycles. The van der Waals surface area contributed by atoms with Crippen molar-refractivity contribution in [3.8, 4) is 11.1 Å². The molecular weight excluding hydrogens is 343 g/mol. The number of aromatic nitrogens is 1. The van der Waals surface area contributed by atoms with Crippen LogP contribution >= 0.6 is 0 Å². The average molecular weight is 360 g/mol. The molecular formula is C18H17FN2O3S. The van der Waals surface area contributed by atoms with Crippen LogP contribution in [0.25, 0.3) is 11.1 Å². The summed E-state index contributed by atoms with van der Waals surface area (Å²) >= 11 is 0. The van der Waals surface area contributed by atoms with Crippen LogP contribution in [0.4, 0.5) is 4.39 Å². The van der Waals surface area contributed by atoms with Crippen LogP contribution < -0.4 is 5.32 Å². The van der Waals surface area contributed by atoms with Crippen LogP contribution in [0.5, 0.6) is 0 Å². The van der Waals surface area contributed by atoms with Gasteiger partial charge in [0.2, 0.25) is 0 Å². The molecule has 5 nitrogen and oxygen atoms in total. The molecule has 1 aliphatic heterocycles. The molecule has 0 saturated carbocycles. The molecule has 25 heavy (non-hydrogen) atoms. The first-order valence-corrected chi connectivity index (χ1v) is 9.42. The van der Waals surface area contributed by atoms with E-state index in [1.165, 1.54) is 18.3 Å². The summed E-state index contributed by atoms with van der Waals surface area (Å²) in [7, 11) is -3.29. The van der Waals surface area contributed by atoms with Gasteiger partial charge >= 0.3 is 0 Å². The van der Waals surface area contributed by atoms with E-state index in [1.54, 1.807) is 0 Å². The molecule has 1 aromatic heterocycles. The number of pyridine rings is 1. The average Bonchev–Trinajstić information content (AvgIpc) is 2.88. The molecule has 7 heteroatoms. The van der Waals surface area contributed by atoms with Gasteiger partial charge in [0.25, 0.3) is 5.91 Å². The minimum absolute atomic E-state index is 0.221. The molecule has 1 amide bonds. The second kappa shape index (κ2) is 6.40. The second-order valence-electron chi connectivity index (χ2n) is 6.09. The number of benzene rings is 1. The summed E-state index contributed by atoms with van der Waals surface area (Å²) in [6.07, 6.45) is 2.80. The van der Waals surface area contributed by atoms with Crippen molar-refractivity contribution in [3.63, 3.8) is 0 Å². The van der Waals surface area contributed by atoms with Crippen molar-refractivity contribution in [2.45, 2.75) is 19.9 Å². The third-order valence-electron chi connectivity index (χ3n) is 4.14. The second-order valence-corrected chi connectivity index (χ2v) is 8.02. The number of rotatable bonds is 3. The van der Waals surface area contributed by atoms with Gasteiger partial charge in [-0.05, 0) is 42.7 Å². The largest absolute Gasteiger partial charge is 0.343 e. The summed E-state index contributed by atoms with van der Waals surface area (Å²) in [5, 5.41) is 3.51. The number of nitrogens with zero attached hydrogens (tertiary/aromatic N) is 1. The first kappa shape index (κ1) is 17.3. The number of halogens is 1. The predicted octanol–water partition coefficient (Wildman–Crippen LogP) is 2.55. The van der Waals surface area contributed by atoms with E-state index in [0.29, 0.717) is 5.56 Å². The maximum Gasteiger partial charge on any atom is 0.273 e. The summed E-state index contributed by atoms with van der Waals surface area (Å²) in [4.78, 5) is 16.1. The number of aryl methyl sites for hydroxylation is 2. The maximum atomic E-state index is 14.3. The summed E-state index contributed by atoms with van der Waals surface area (Å²) < 4.78 is 37.0. The van der Waals surface area contributed by atoms with Gasteiger partial charge in [-0.2, -0.15) is 0 Å². The van der Waals surface area contributed by atoms with Gasteiger partial charge in [0, 0.05) is 17.2 Å². The molecule has 1 atom stereocenters. The zero-order valence-electron chi connectivity index (χ0n) is 13.8. The maximum absolute atomic E-state index is 14.3. The number of sulfone groups is 1. The van der Waals surface area contributed by atoms with Gasteiger partial charge in [-0.15, -0.1) is 0 Å². The Hall–Kier alpha value is -2.54. The van der Waals surface area contributed by atoms with Crippen LogP contribution in [0.1, 0.15) is 21.6 Å². The van der Waals surface area contributed by atoms with E-state index >= 15 is 0 Å². The Bertz CT molecular complexity index is 984. The summed E-state index contributed by atoms with van der Waals surface area (Å²) in [5.74, 6) is -1.71. The third-order valence-corrected chi connectivity index (χ3v) is 5.54. The highest BCUT2D eigenvalue weighted by molar-refractivity contribution is 7.94. The lowest BCUT2D eigenvalue weighted by atomic mass is 10.0. The molecule has 130 valence electrons. The Morgan fingerprint density at radius 2 is 1.96 bits per heavy atom. The normalized spacial score (nSPS) is 18.3. The van der Waals surface area contributed by atoms with Crippen molar-refractivity contribution < 1.29 is 17.6 Å². The van der Waals surface area contributed by atoms with Crippen molar-refractivity contribution in [2.24, 2.45) is 0 Å². The fraction of sp³-hybridized carbons (Fsp3) is 0.222. The Balaban J connectivity index is 1.81. The highest BCUT2D eigenvalue weighted by Crippen LogP contribution is 2.23. The molecule has 0 spiro atoms. The van der Waals surface area contributed by atoms with E-state index in [-0.39, 0.29) is 11.4 Å². The van der Waals surface area contributed by atoms with Crippen LogP contribution in [0.2, 0.25) is 0 Å². The van der Waals surface area contributed by atoms with Crippen molar-refractivity contribution in [1.29, 1.82) is 0 Å². The minimum atomic E-state index is -3.29. The smallest absolute Gasteiger partial charge is 0.273 e. The van der Waals surface area contributed by atoms with Crippen molar-refractivity contribution in [2.75, 3.05) is 5.75 Å². The molecule has 2 aromatic rings. The van der Waals surface area contributed by atoms with E-state index in [1.807, 2.05) is 32.0 Å². The van der Waals surface area contributed by atoms with Gasteiger partial charge in [-0.3, -0.25) is 4.79 Å². The first-order valence-electron chi connectivity index (χ1n) is 7.70. The number of carbonyl (C=O) groups excluding carboxylic acids is 1. The predicted molar refractivity (Wildman–Crippen MR) is 93.3 cm³/mol. The molecule has 1 aromatic carbocycles. The van der Waals surface area contributed by atoms with Crippen molar-refractivity contribution >= 4 is 15.7 Å². The number of hydrogen-bond donors (Lipinski definition) is 1. The molecule has 0 bridgehead atoms. The number of carbonyl (C=O) groups is 1. The summed E-state index contributed by atoms with van der Waals surface area (Å²) in [6, 6.07) is 6.33. The van der Waals surface area contributed by atoms with Gasteiger partial charge < -0.3 is 5.32 Å². The van der Waals surface area contributed by atoms with Gasteiger partial charge in [0.1, 0.15) is 0 Å². The van der Waals surface area contributed by atoms with E-state index in [2.05, 4.69) is 10.3 Å². The quantitative estimate of drug-likeness (QED) is 0.913. The molecule has 1 N–H and O–H groups in total. The molecule has 0 radical (unpaired) electrons. The zero-order chi connectivity index (χ0) is 18.2. The highest BCUT2D eigenvalue weighted by atomic mass is 32.2. The Kier molecular flexibility index (Phi) is 4.43. The summed E-state index contributed by atoms with van der Waals surface area (Å²) in [6.45, 7) is 3.96. The minimum Gasteiger partial charge on any atom is -0.343 e. The Labute approximate surface area is 145 Å². The van der Waals surface area contributed by atoms with Crippen molar-refractivity contribution in [1.82, 2.24) is 10.3 Å². The Morgan fingerprint density at radius 3 is 2.56 bits per heavy atom. The highest BCUT2D eigenvalue weighted by Gasteiger charge is 2.25. The summed E-state index contributed by atoms with van der Waals surface area (Å²) in [5.41, 5.74) is 3.23. The lowest BCUT2D eigenvalue weighted by Crippen LogP contribution is -2.36. The molecule has 2 heterocycles. The molecule has 1 unspecified atom stereocenters. The SMILES string of the molecule is Cc1ccc(-c2cnc(C(=O)NC3C=CS(=O)(=O)C3)c(F)c2)cc1C. The van der Waals surface area contributed by atoms with Crippen LogP contribution in [0.15, 0.2) is 41.9 Å². The fourth-order valence-corrected chi connectivity index (χ4v) is 3.82. The lowest BCUT2D eigenvalue weighted by molar-refractivity contribution is 0.0938. The molecule has 1 aliphatic rings. The van der Waals surface area contributed by atoms with Crippen LogP contribution in [-0.4, -0.2) is 31.1 Å². The first-order chi connectivity index (χ1) is 11.7. The van der Waals surface area contributed by atoms with E-state index in [0.717, 1.165) is 22.1 Å². The van der Waals surface area contributed by atoms with Gasteiger partial charge in [-0.1, -0.05) is 18.2 Å². The number of nitrogens with one attached hydrogen (secondary N) is 1. The molecule has 0 saturated heterocycles. The number of hydrogen-bond acceptors (Lipinski definition) is 4. The Morgan fingerprint density at radius 1 is 1.20 bits per heavy atom. The monoisotopic (exact) mass is 360 g/mol. The standard InChI is InChI=1S/C18H17FN2O3S/c1-11-3-4-13(7-12(11)2)14-8-16(19)17(20-9-14)18(22)21-15-5-6-25(23,24)10-15/h3-9,15H,10H2,1-2H3,(H,21,22). The van der Waals surface area contributed by atoms with Crippen LogP contribution in [0.3, 0.4) is 0 Å². The number of amides is 1. The third kappa shape index (κ3) is 3.76. The van der Waals surface area contributed by atoms with Gasteiger partial charge in [0.05, 0.1) is 11.8 Å². The van der Waals surface area contributed by atoms with E-state index in [9.17, 15) is 17.6 Å². The van der Waals surface area contributed by atoms with Gasteiger partial charge in [0.15, 0.2) is 21.3 Å².